The number of hydrogen-bond donors (Lipinski definition) is 1. The van der Waals surface area contributed by atoms with Crippen molar-refractivity contribution in [1.82, 2.24) is 24.3 Å². The lowest BCUT2D eigenvalue weighted by Crippen LogP contribution is -2.50. The van der Waals surface area contributed by atoms with Crippen molar-refractivity contribution in [2.45, 2.75) is 20.4 Å². The number of anilines is 1. The molecule has 1 N–H and O–H groups in total. The van der Waals surface area contributed by atoms with Crippen LogP contribution >= 0.6 is 0 Å². The Balaban J connectivity index is 1.19. The van der Waals surface area contributed by atoms with E-state index in [9.17, 15) is 4.79 Å². The molecule has 1 aliphatic rings. The summed E-state index contributed by atoms with van der Waals surface area (Å²) in [6, 6.07) is 19.8. The zero-order valence-electron chi connectivity index (χ0n) is 20.9. The van der Waals surface area contributed by atoms with Gasteiger partial charge in [-0.3, -0.25) is 4.90 Å². The largest absolute Gasteiger partial charge is 0.494 e. The molecule has 0 atom stereocenters. The number of pyridine rings is 1. The fourth-order valence-electron chi connectivity index (χ4n) is 4.51. The van der Waals surface area contributed by atoms with E-state index in [0.717, 1.165) is 60.2 Å². The Morgan fingerprint density at radius 2 is 1.72 bits per heavy atom. The van der Waals surface area contributed by atoms with Gasteiger partial charge in [-0.1, -0.05) is 29.8 Å². The van der Waals surface area contributed by atoms with Gasteiger partial charge in [-0.15, -0.1) is 0 Å². The normalized spacial score (nSPS) is 14.2. The third kappa shape index (κ3) is 5.33. The van der Waals surface area contributed by atoms with Crippen molar-refractivity contribution in [3.8, 4) is 17.1 Å². The lowest BCUT2D eigenvalue weighted by Gasteiger charge is -2.34. The van der Waals surface area contributed by atoms with Crippen molar-refractivity contribution in [1.29, 1.82) is 0 Å². The highest BCUT2D eigenvalue weighted by molar-refractivity contribution is 5.89. The average molecular weight is 485 g/mol. The SMILES string of the molecule is CCOc1ccc(NC(=O)N2CCN(CCn3c(-c4ccc(C)cc4)nc4cccnc43)CC2)cc1. The van der Waals surface area contributed by atoms with Gasteiger partial charge in [0, 0.05) is 56.7 Å². The molecule has 2 aromatic carbocycles. The van der Waals surface area contributed by atoms with Crippen LogP contribution in [0.4, 0.5) is 10.5 Å². The van der Waals surface area contributed by atoms with E-state index < -0.39 is 0 Å². The first-order chi connectivity index (χ1) is 17.6. The number of carbonyl (C=O) groups is 1. The number of benzene rings is 2. The van der Waals surface area contributed by atoms with Crippen LogP contribution in [0.15, 0.2) is 66.9 Å². The Morgan fingerprint density at radius 1 is 0.972 bits per heavy atom. The quantitative estimate of drug-likeness (QED) is 0.413. The van der Waals surface area contributed by atoms with Gasteiger partial charge in [0.05, 0.1) is 6.61 Å². The van der Waals surface area contributed by atoms with Gasteiger partial charge in [-0.2, -0.15) is 0 Å². The standard InChI is InChI=1S/C28H32N6O2/c1-3-36-24-12-10-23(11-13-24)30-28(35)33-18-15-32(16-19-33)17-20-34-26(22-8-6-21(2)7-9-22)31-25-5-4-14-29-27(25)34/h4-14H,3,15-20H2,1-2H3,(H,30,35). The van der Waals surface area contributed by atoms with Crippen LogP contribution in [0, 0.1) is 6.92 Å². The molecule has 1 saturated heterocycles. The molecule has 8 heteroatoms. The van der Waals surface area contributed by atoms with E-state index in [2.05, 4.69) is 51.0 Å². The minimum Gasteiger partial charge on any atom is -0.494 e. The molecule has 0 unspecified atom stereocenters. The fourth-order valence-corrected chi connectivity index (χ4v) is 4.51. The number of nitrogens with zero attached hydrogens (tertiary/aromatic N) is 5. The molecule has 0 spiro atoms. The molecule has 2 amide bonds. The van der Waals surface area contributed by atoms with Crippen LogP contribution in [0.1, 0.15) is 12.5 Å². The second-order valence-electron chi connectivity index (χ2n) is 9.02. The van der Waals surface area contributed by atoms with Crippen molar-refractivity contribution in [2.24, 2.45) is 0 Å². The molecule has 2 aromatic heterocycles. The molecule has 8 nitrogen and oxygen atoms in total. The summed E-state index contributed by atoms with van der Waals surface area (Å²) >= 11 is 0. The summed E-state index contributed by atoms with van der Waals surface area (Å²) in [7, 11) is 0. The summed E-state index contributed by atoms with van der Waals surface area (Å²) in [4.78, 5) is 26.5. The van der Waals surface area contributed by atoms with Crippen LogP contribution in [-0.4, -0.2) is 69.7 Å². The lowest BCUT2D eigenvalue weighted by molar-refractivity contribution is 0.145. The minimum absolute atomic E-state index is 0.0646. The number of imidazole rings is 1. The van der Waals surface area contributed by atoms with Crippen molar-refractivity contribution in [2.75, 3.05) is 44.6 Å². The molecule has 0 radical (unpaired) electrons. The Labute approximate surface area is 211 Å². The first kappa shape index (κ1) is 23.8. The molecule has 36 heavy (non-hydrogen) atoms. The number of fused-ring (bicyclic) bond motifs is 1. The molecule has 3 heterocycles. The number of hydrogen-bond acceptors (Lipinski definition) is 5. The summed E-state index contributed by atoms with van der Waals surface area (Å²) in [6.45, 7) is 9.36. The first-order valence-electron chi connectivity index (χ1n) is 12.5. The van der Waals surface area contributed by atoms with E-state index in [1.165, 1.54) is 5.56 Å². The monoisotopic (exact) mass is 484 g/mol. The fraction of sp³-hybridized carbons (Fsp3) is 0.321. The number of aryl methyl sites for hydroxylation is 1. The van der Waals surface area contributed by atoms with Crippen LogP contribution in [0.5, 0.6) is 5.75 Å². The minimum atomic E-state index is -0.0646. The molecule has 186 valence electrons. The van der Waals surface area contributed by atoms with Crippen molar-refractivity contribution in [3.05, 3.63) is 72.4 Å². The van der Waals surface area contributed by atoms with Crippen molar-refractivity contribution in [3.63, 3.8) is 0 Å². The molecule has 0 saturated carbocycles. The van der Waals surface area contributed by atoms with Crippen LogP contribution in [0.3, 0.4) is 0 Å². The summed E-state index contributed by atoms with van der Waals surface area (Å²) in [5, 5.41) is 2.99. The molecule has 0 bridgehead atoms. The van der Waals surface area contributed by atoms with Crippen LogP contribution in [0.2, 0.25) is 0 Å². The van der Waals surface area contributed by atoms with Crippen molar-refractivity contribution >= 4 is 22.9 Å². The molecule has 1 fully saturated rings. The number of piperazine rings is 1. The van der Waals surface area contributed by atoms with E-state index in [-0.39, 0.29) is 6.03 Å². The van der Waals surface area contributed by atoms with Gasteiger partial charge >= 0.3 is 6.03 Å². The molecule has 5 rings (SSSR count). The summed E-state index contributed by atoms with van der Waals surface area (Å²) in [5.41, 5.74) is 4.90. The number of rotatable bonds is 7. The molecular formula is C28H32N6O2. The van der Waals surface area contributed by atoms with Gasteiger partial charge in [0.1, 0.15) is 17.1 Å². The van der Waals surface area contributed by atoms with Crippen LogP contribution in [0.25, 0.3) is 22.6 Å². The van der Waals surface area contributed by atoms with Crippen LogP contribution in [-0.2, 0) is 6.54 Å². The highest BCUT2D eigenvalue weighted by Crippen LogP contribution is 2.24. The van der Waals surface area contributed by atoms with Crippen molar-refractivity contribution < 1.29 is 9.53 Å². The Bertz CT molecular complexity index is 1310. The van der Waals surface area contributed by atoms with Gasteiger partial charge in [-0.05, 0) is 50.2 Å². The van der Waals surface area contributed by atoms with E-state index in [1.807, 2.05) is 54.4 Å². The van der Waals surface area contributed by atoms with Crippen LogP contribution < -0.4 is 10.1 Å². The topological polar surface area (TPSA) is 75.5 Å². The number of nitrogens with one attached hydrogen (secondary N) is 1. The van der Waals surface area contributed by atoms with Gasteiger partial charge < -0.3 is 19.5 Å². The van der Waals surface area contributed by atoms with Gasteiger partial charge in [-0.25, -0.2) is 14.8 Å². The van der Waals surface area contributed by atoms with E-state index in [4.69, 9.17) is 9.72 Å². The predicted molar refractivity (Wildman–Crippen MR) is 142 cm³/mol. The van der Waals surface area contributed by atoms with E-state index in [1.54, 1.807) is 0 Å². The zero-order valence-corrected chi connectivity index (χ0v) is 20.9. The molecule has 4 aromatic rings. The summed E-state index contributed by atoms with van der Waals surface area (Å²) in [6.07, 6.45) is 1.82. The second-order valence-corrected chi connectivity index (χ2v) is 9.02. The Hall–Kier alpha value is -3.91. The maximum atomic E-state index is 12.7. The van der Waals surface area contributed by atoms with E-state index >= 15 is 0 Å². The number of amides is 2. The zero-order chi connectivity index (χ0) is 24.9. The number of carbonyl (C=O) groups excluding carboxylic acids is 1. The maximum Gasteiger partial charge on any atom is 0.321 e. The molecule has 1 aliphatic heterocycles. The maximum absolute atomic E-state index is 12.7. The van der Waals surface area contributed by atoms with Gasteiger partial charge in [0.2, 0.25) is 0 Å². The van der Waals surface area contributed by atoms with E-state index in [0.29, 0.717) is 19.7 Å². The number of ether oxygens (including phenoxy) is 1. The van der Waals surface area contributed by atoms with Gasteiger partial charge in [0.25, 0.3) is 0 Å². The van der Waals surface area contributed by atoms with Gasteiger partial charge in [0.15, 0.2) is 5.65 Å². The lowest BCUT2D eigenvalue weighted by atomic mass is 10.1. The molecular weight excluding hydrogens is 452 g/mol. The number of urea groups is 1. The summed E-state index contributed by atoms with van der Waals surface area (Å²) < 4.78 is 7.68. The second kappa shape index (κ2) is 10.8. The Kier molecular flexibility index (Phi) is 7.13. The smallest absolute Gasteiger partial charge is 0.321 e. The third-order valence-corrected chi connectivity index (χ3v) is 6.53. The highest BCUT2D eigenvalue weighted by Gasteiger charge is 2.22. The number of aromatic nitrogens is 3. The average Bonchev–Trinajstić information content (AvgIpc) is 3.28. The first-order valence-corrected chi connectivity index (χ1v) is 12.5. The molecule has 0 aliphatic carbocycles. The third-order valence-electron chi connectivity index (χ3n) is 6.53. The summed E-state index contributed by atoms with van der Waals surface area (Å²) in [5.74, 6) is 1.74. The predicted octanol–water partition coefficient (Wildman–Crippen LogP) is 4.66. The highest BCUT2D eigenvalue weighted by atomic mass is 16.5. The Morgan fingerprint density at radius 3 is 2.44 bits per heavy atom.